The standard InChI is InChI=1S/C15H22O3/c1-5-6-9-18-11-7-8-12(13(16)10-11)14(17)15(2,3)4/h7-8,10,16H,5-6,9H2,1-4H3. The average Bonchev–Trinajstić information content (AvgIpc) is 2.27. The summed E-state index contributed by atoms with van der Waals surface area (Å²) < 4.78 is 5.48. The zero-order valence-electron chi connectivity index (χ0n) is 11.6. The molecule has 0 radical (unpaired) electrons. The monoisotopic (exact) mass is 250 g/mol. The van der Waals surface area contributed by atoms with Crippen LogP contribution in [0.1, 0.15) is 50.9 Å². The van der Waals surface area contributed by atoms with Gasteiger partial charge in [-0.05, 0) is 18.6 Å². The highest BCUT2D eigenvalue weighted by molar-refractivity contribution is 6.02. The molecule has 1 aromatic rings. The van der Waals surface area contributed by atoms with Crippen molar-refractivity contribution >= 4 is 5.78 Å². The minimum Gasteiger partial charge on any atom is -0.507 e. The van der Waals surface area contributed by atoms with Gasteiger partial charge in [-0.1, -0.05) is 34.1 Å². The maximum Gasteiger partial charge on any atom is 0.171 e. The molecule has 0 amide bonds. The zero-order valence-corrected chi connectivity index (χ0v) is 11.6. The maximum absolute atomic E-state index is 12.1. The lowest BCUT2D eigenvalue weighted by molar-refractivity contribution is 0.0855. The number of phenols is 1. The molecule has 0 saturated heterocycles. The highest BCUT2D eigenvalue weighted by Gasteiger charge is 2.25. The summed E-state index contributed by atoms with van der Waals surface area (Å²) in [7, 11) is 0. The summed E-state index contributed by atoms with van der Waals surface area (Å²) in [4.78, 5) is 12.1. The highest BCUT2D eigenvalue weighted by Crippen LogP contribution is 2.29. The number of hydrogen-bond acceptors (Lipinski definition) is 3. The molecule has 18 heavy (non-hydrogen) atoms. The Morgan fingerprint density at radius 3 is 2.50 bits per heavy atom. The van der Waals surface area contributed by atoms with Gasteiger partial charge in [-0.3, -0.25) is 4.79 Å². The Morgan fingerprint density at radius 1 is 1.33 bits per heavy atom. The van der Waals surface area contributed by atoms with Crippen molar-refractivity contribution in [1.82, 2.24) is 0 Å². The molecular weight excluding hydrogens is 228 g/mol. The maximum atomic E-state index is 12.1. The lowest BCUT2D eigenvalue weighted by Gasteiger charge is -2.17. The van der Waals surface area contributed by atoms with E-state index in [0.29, 0.717) is 17.9 Å². The second-order valence-electron chi connectivity index (χ2n) is 5.46. The number of unbranched alkanes of at least 4 members (excludes halogenated alkanes) is 1. The van der Waals surface area contributed by atoms with E-state index in [0.717, 1.165) is 12.8 Å². The molecule has 100 valence electrons. The van der Waals surface area contributed by atoms with E-state index in [2.05, 4.69) is 6.92 Å². The van der Waals surface area contributed by atoms with Gasteiger partial charge in [0.2, 0.25) is 0 Å². The number of ether oxygens (including phenoxy) is 1. The van der Waals surface area contributed by atoms with E-state index >= 15 is 0 Å². The molecule has 0 aliphatic heterocycles. The molecule has 1 N–H and O–H groups in total. The van der Waals surface area contributed by atoms with Gasteiger partial charge in [0.05, 0.1) is 12.2 Å². The predicted molar refractivity (Wildman–Crippen MR) is 72.3 cm³/mol. The van der Waals surface area contributed by atoms with Crippen LogP contribution in [0, 0.1) is 5.41 Å². The molecule has 0 aliphatic rings. The fourth-order valence-corrected chi connectivity index (χ4v) is 1.53. The van der Waals surface area contributed by atoms with E-state index in [4.69, 9.17) is 4.74 Å². The number of phenolic OH excluding ortho intramolecular Hbond substituents is 1. The largest absolute Gasteiger partial charge is 0.507 e. The van der Waals surface area contributed by atoms with Crippen molar-refractivity contribution in [3.8, 4) is 11.5 Å². The molecule has 0 aromatic heterocycles. The number of Topliss-reactive ketones (excluding diaryl/α,β-unsaturated/α-hetero) is 1. The molecule has 0 atom stereocenters. The van der Waals surface area contributed by atoms with Crippen LogP contribution < -0.4 is 4.74 Å². The van der Waals surface area contributed by atoms with Crippen LogP contribution in [0.25, 0.3) is 0 Å². The van der Waals surface area contributed by atoms with Crippen LogP contribution in [-0.2, 0) is 0 Å². The first-order valence-electron chi connectivity index (χ1n) is 6.37. The molecule has 3 heteroatoms. The zero-order chi connectivity index (χ0) is 13.8. The Hall–Kier alpha value is -1.51. The molecular formula is C15H22O3. The first-order chi connectivity index (χ1) is 8.36. The van der Waals surface area contributed by atoms with Gasteiger partial charge in [0.15, 0.2) is 5.78 Å². The Morgan fingerprint density at radius 2 is 2.00 bits per heavy atom. The van der Waals surface area contributed by atoms with Gasteiger partial charge in [-0.25, -0.2) is 0 Å². The topological polar surface area (TPSA) is 46.5 Å². The van der Waals surface area contributed by atoms with Crippen LogP contribution in [0.5, 0.6) is 11.5 Å². The molecule has 0 fully saturated rings. The lowest BCUT2D eigenvalue weighted by Crippen LogP contribution is -2.20. The van der Waals surface area contributed by atoms with Crippen molar-refractivity contribution in [1.29, 1.82) is 0 Å². The van der Waals surface area contributed by atoms with E-state index in [1.807, 2.05) is 20.8 Å². The van der Waals surface area contributed by atoms with Gasteiger partial charge in [0, 0.05) is 11.5 Å². The fraction of sp³-hybridized carbons (Fsp3) is 0.533. The van der Waals surface area contributed by atoms with E-state index in [9.17, 15) is 9.90 Å². The van der Waals surface area contributed by atoms with Crippen LogP contribution in [0.4, 0.5) is 0 Å². The van der Waals surface area contributed by atoms with Crippen molar-refractivity contribution in [2.75, 3.05) is 6.61 Å². The molecule has 0 unspecified atom stereocenters. The quantitative estimate of drug-likeness (QED) is 0.638. The summed E-state index contributed by atoms with van der Waals surface area (Å²) in [5.41, 5.74) is -0.146. The molecule has 0 aliphatic carbocycles. The Bertz CT molecular complexity index is 416. The third kappa shape index (κ3) is 3.76. The van der Waals surface area contributed by atoms with Gasteiger partial charge in [0.1, 0.15) is 11.5 Å². The minimum atomic E-state index is -0.498. The molecule has 1 aromatic carbocycles. The molecule has 0 spiro atoms. The van der Waals surface area contributed by atoms with Crippen LogP contribution in [0.3, 0.4) is 0 Å². The number of carbonyl (C=O) groups excluding carboxylic acids is 1. The highest BCUT2D eigenvalue weighted by atomic mass is 16.5. The molecule has 0 saturated carbocycles. The third-order valence-corrected chi connectivity index (χ3v) is 2.66. The van der Waals surface area contributed by atoms with Crippen LogP contribution in [0.2, 0.25) is 0 Å². The van der Waals surface area contributed by atoms with Crippen LogP contribution in [0.15, 0.2) is 18.2 Å². The summed E-state index contributed by atoms with van der Waals surface area (Å²) in [6.07, 6.45) is 2.04. The van der Waals surface area contributed by atoms with Gasteiger partial charge in [0.25, 0.3) is 0 Å². The van der Waals surface area contributed by atoms with E-state index in [1.165, 1.54) is 6.07 Å². The van der Waals surface area contributed by atoms with Crippen molar-refractivity contribution < 1.29 is 14.6 Å². The Labute approximate surface area is 109 Å². The average molecular weight is 250 g/mol. The van der Waals surface area contributed by atoms with Crippen molar-refractivity contribution in [3.63, 3.8) is 0 Å². The van der Waals surface area contributed by atoms with E-state index in [1.54, 1.807) is 12.1 Å². The van der Waals surface area contributed by atoms with Crippen molar-refractivity contribution in [2.45, 2.75) is 40.5 Å². The molecule has 3 nitrogen and oxygen atoms in total. The number of aromatic hydroxyl groups is 1. The predicted octanol–water partition coefficient (Wildman–Crippen LogP) is 3.80. The fourth-order valence-electron chi connectivity index (χ4n) is 1.53. The molecule has 0 heterocycles. The van der Waals surface area contributed by atoms with E-state index in [-0.39, 0.29) is 11.5 Å². The van der Waals surface area contributed by atoms with Crippen LogP contribution in [-0.4, -0.2) is 17.5 Å². The number of carbonyl (C=O) groups is 1. The normalized spacial score (nSPS) is 11.3. The van der Waals surface area contributed by atoms with E-state index < -0.39 is 5.41 Å². The Kier molecular flexibility index (Phi) is 4.76. The van der Waals surface area contributed by atoms with Gasteiger partial charge in [-0.2, -0.15) is 0 Å². The number of rotatable bonds is 5. The van der Waals surface area contributed by atoms with Crippen molar-refractivity contribution in [3.05, 3.63) is 23.8 Å². The second-order valence-corrected chi connectivity index (χ2v) is 5.46. The minimum absolute atomic E-state index is 0.0103. The van der Waals surface area contributed by atoms with Gasteiger partial charge < -0.3 is 9.84 Å². The third-order valence-electron chi connectivity index (χ3n) is 2.66. The molecule has 0 bridgehead atoms. The Balaban J connectivity index is 2.83. The van der Waals surface area contributed by atoms with Crippen molar-refractivity contribution in [2.24, 2.45) is 5.41 Å². The first-order valence-corrected chi connectivity index (χ1v) is 6.37. The molecule has 1 rings (SSSR count). The number of ketones is 1. The summed E-state index contributed by atoms with van der Waals surface area (Å²) in [6.45, 7) is 8.22. The summed E-state index contributed by atoms with van der Waals surface area (Å²) in [5.74, 6) is 0.524. The summed E-state index contributed by atoms with van der Waals surface area (Å²) in [6, 6.07) is 4.87. The second kappa shape index (κ2) is 5.89. The number of hydrogen-bond donors (Lipinski definition) is 1. The van der Waals surface area contributed by atoms with Gasteiger partial charge >= 0.3 is 0 Å². The first kappa shape index (κ1) is 14.6. The van der Waals surface area contributed by atoms with Crippen LogP contribution >= 0.6 is 0 Å². The summed E-state index contributed by atoms with van der Waals surface area (Å²) >= 11 is 0. The smallest absolute Gasteiger partial charge is 0.171 e. The summed E-state index contributed by atoms with van der Waals surface area (Å²) in [5, 5.41) is 9.88. The SMILES string of the molecule is CCCCOc1ccc(C(=O)C(C)(C)C)c(O)c1. The lowest BCUT2D eigenvalue weighted by atomic mass is 9.86. The van der Waals surface area contributed by atoms with Gasteiger partial charge in [-0.15, -0.1) is 0 Å². The number of benzene rings is 1.